The van der Waals surface area contributed by atoms with Crippen LogP contribution in [0.3, 0.4) is 0 Å². The minimum Gasteiger partial charge on any atom is -0.343 e. The summed E-state index contributed by atoms with van der Waals surface area (Å²) < 4.78 is 39.3. The number of halogens is 1. The topological polar surface area (TPSA) is 95.6 Å². The van der Waals surface area contributed by atoms with Gasteiger partial charge in [-0.15, -0.1) is 0 Å². The number of hydrogen-bond donors (Lipinski definition) is 2. The van der Waals surface area contributed by atoms with Gasteiger partial charge in [-0.2, -0.15) is 4.31 Å². The Morgan fingerprint density at radius 1 is 1.03 bits per heavy atom. The van der Waals surface area contributed by atoms with Crippen LogP contribution in [0.4, 0.5) is 10.1 Å². The molecule has 0 bridgehead atoms. The Hall–Kier alpha value is -2.78. The third-order valence-corrected chi connectivity index (χ3v) is 6.40. The second-order valence-electron chi connectivity index (χ2n) is 6.30. The van der Waals surface area contributed by atoms with Gasteiger partial charge in [-0.1, -0.05) is 13.8 Å². The van der Waals surface area contributed by atoms with Crippen molar-refractivity contribution >= 4 is 27.5 Å². The van der Waals surface area contributed by atoms with Gasteiger partial charge in [-0.3, -0.25) is 9.59 Å². The van der Waals surface area contributed by atoms with Gasteiger partial charge in [0.25, 0.3) is 5.91 Å². The highest BCUT2D eigenvalue weighted by Crippen LogP contribution is 2.17. The van der Waals surface area contributed by atoms with Gasteiger partial charge in [0.1, 0.15) is 5.82 Å². The molecule has 2 aromatic carbocycles. The molecule has 0 radical (unpaired) electrons. The molecule has 2 N–H and O–H groups in total. The van der Waals surface area contributed by atoms with E-state index in [1.54, 1.807) is 20.8 Å². The molecule has 0 aliphatic heterocycles. The quantitative estimate of drug-likeness (QED) is 0.685. The third kappa shape index (κ3) is 5.61. The van der Waals surface area contributed by atoms with Crippen LogP contribution in [0.5, 0.6) is 0 Å². The summed E-state index contributed by atoms with van der Waals surface area (Å²) in [6, 6.07) is 9.49. The van der Waals surface area contributed by atoms with Crippen LogP contribution < -0.4 is 10.6 Å². The van der Waals surface area contributed by atoms with Crippen LogP contribution in [0.1, 0.15) is 29.8 Å². The lowest BCUT2D eigenvalue weighted by molar-refractivity contribution is -0.115. The Kier molecular flexibility index (Phi) is 7.46. The zero-order chi connectivity index (χ0) is 21.6. The van der Waals surface area contributed by atoms with E-state index < -0.39 is 27.7 Å². The molecule has 0 aliphatic rings. The van der Waals surface area contributed by atoms with E-state index in [0.717, 1.165) is 0 Å². The van der Waals surface area contributed by atoms with Gasteiger partial charge >= 0.3 is 0 Å². The summed E-state index contributed by atoms with van der Waals surface area (Å²) in [5.74, 6) is -1.38. The van der Waals surface area contributed by atoms with E-state index in [4.69, 9.17) is 0 Å². The van der Waals surface area contributed by atoms with Crippen LogP contribution in [-0.2, 0) is 14.8 Å². The lowest BCUT2D eigenvalue weighted by Gasteiger charge is -2.18. The van der Waals surface area contributed by atoms with Gasteiger partial charge in [0.15, 0.2) is 0 Å². The summed E-state index contributed by atoms with van der Waals surface area (Å²) in [6.07, 6.45) is 0. The second-order valence-corrected chi connectivity index (χ2v) is 8.24. The number of nitrogens with one attached hydrogen (secondary N) is 2. The number of nitrogens with zero attached hydrogens (tertiary/aromatic N) is 1. The number of amides is 2. The van der Waals surface area contributed by atoms with E-state index in [1.807, 2.05) is 0 Å². The van der Waals surface area contributed by atoms with Crippen LogP contribution >= 0.6 is 0 Å². The van der Waals surface area contributed by atoms with Crippen LogP contribution in [-0.4, -0.2) is 44.2 Å². The minimum atomic E-state index is -3.60. The van der Waals surface area contributed by atoms with Gasteiger partial charge in [-0.05, 0) is 55.0 Å². The van der Waals surface area contributed by atoms with Crippen molar-refractivity contribution in [3.8, 4) is 0 Å². The first-order valence-electron chi connectivity index (χ1n) is 9.13. The molecule has 0 saturated carbocycles. The third-order valence-electron chi connectivity index (χ3n) is 4.33. The largest absolute Gasteiger partial charge is 0.343 e. The van der Waals surface area contributed by atoms with Crippen LogP contribution in [0.25, 0.3) is 0 Å². The van der Waals surface area contributed by atoms with Crippen molar-refractivity contribution in [1.82, 2.24) is 9.62 Å². The van der Waals surface area contributed by atoms with Gasteiger partial charge in [-0.25, -0.2) is 12.8 Å². The average Bonchev–Trinajstić information content (AvgIpc) is 2.69. The second kappa shape index (κ2) is 9.62. The zero-order valence-corrected chi connectivity index (χ0v) is 17.3. The molecule has 7 nitrogen and oxygen atoms in total. The van der Waals surface area contributed by atoms with Crippen LogP contribution in [0.15, 0.2) is 47.4 Å². The van der Waals surface area contributed by atoms with E-state index >= 15 is 0 Å². The maximum atomic E-state index is 13.1. The molecule has 0 saturated heterocycles. The first kappa shape index (κ1) is 22.5. The maximum absolute atomic E-state index is 13.1. The van der Waals surface area contributed by atoms with Crippen LogP contribution in [0.2, 0.25) is 0 Å². The molecule has 0 spiro atoms. The predicted octanol–water partition coefficient (Wildman–Crippen LogP) is 2.53. The fourth-order valence-electron chi connectivity index (χ4n) is 2.72. The van der Waals surface area contributed by atoms with Gasteiger partial charge in [0, 0.05) is 24.3 Å². The molecule has 0 heterocycles. The number of carbonyl (C=O) groups is 2. The summed E-state index contributed by atoms with van der Waals surface area (Å²) in [5.41, 5.74) is 1.25. The van der Waals surface area contributed by atoms with Crippen molar-refractivity contribution in [2.24, 2.45) is 0 Å². The standard InChI is InChI=1S/C20H24FN3O4S/c1-4-24(5-2)29(27,28)17-9-6-15(7-10-17)20(26)22-13-19(25)23-18-11-8-16(21)12-14(18)3/h6-12H,4-5,13H2,1-3H3,(H,22,26)(H,23,25). The fourth-order valence-corrected chi connectivity index (χ4v) is 4.17. The fraction of sp³-hybridized carbons (Fsp3) is 0.300. The van der Waals surface area contributed by atoms with Crippen molar-refractivity contribution in [3.05, 3.63) is 59.4 Å². The van der Waals surface area contributed by atoms with Crippen LogP contribution in [0, 0.1) is 12.7 Å². The Morgan fingerprint density at radius 2 is 1.66 bits per heavy atom. The number of rotatable bonds is 8. The van der Waals surface area contributed by atoms with Gasteiger partial charge in [0.2, 0.25) is 15.9 Å². The molecule has 29 heavy (non-hydrogen) atoms. The monoisotopic (exact) mass is 421 g/mol. The predicted molar refractivity (Wildman–Crippen MR) is 109 cm³/mol. The normalized spacial score (nSPS) is 11.3. The summed E-state index contributed by atoms with van der Waals surface area (Å²) in [7, 11) is -3.60. The SMILES string of the molecule is CCN(CC)S(=O)(=O)c1ccc(C(=O)NCC(=O)Nc2ccc(F)cc2C)cc1. The van der Waals surface area contributed by atoms with E-state index in [1.165, 1.54) is 46.8 Å². The van der Waals surface area contributed by atoms with E-state index in [-0.39, 0.29) is 17.0 Å². The van der Waals surface area contributed by atoms with E-state index in [0.29, 0.717) is 24.3 Å². The molecule has 9 heteroatoms. The van der Waals surface area contributed by atoms with Crippen molar-refractivity contribution in [2.45, 2.75) is 25.7 Å². The van der Waals surface area contributed by atoms with Crippen molar-refractivity contribution < 1.29 is 22.4 Å². The lowest BCUT2D eigenvalue weighted by Crippen LogP contribution is -2.33. The first-order chi connectivity index (χ1) is 13.7. The molecular weight excluding hydrogens is 397 g/mol. The maximum Gasteiger partial charge on any atom is 0.251 e. The molecule has 0 atom stereocenters. The Balaban J connectivity index is 1.98. The molecule has 2 aromatic rings. The highest BCUT2D eigenvalue weighted by atomic mass is 32.2. The molecular formula is C20H24FN3O4S. The minimum absolute atomic E-state index is 0.0993. The first-order valence-corrected chi connectivity index (χ1v) is 10.6. The summed E-state index contributed by atoms with van der Waals surface area (Å²) >= 11 is 0. The Labute approximate surface area is 170 Å². The number of benzene rings is 2. The summed E-state index contributed by atoms with van der Waals surface area (Å²) in [6.45, 7) is 5.58. The molecule has 2 rings (SSSR count). The van der Waals surface area contributed by atoms with E-state index in [2.05, 4.69) is 10.6 Å². The number of hydrogen-bond acceptors (Lipinski definition) is 4. The Morgan fingerprint density at radius 3 is 2.21 bits per heavy atom. The zero-order valence-electron chi connectivity index (χ0n) is 16.5. The lowest BCUT2D eigenvalue weighted by atomic mass is 10.2. The summed E-state index contributed by atoms with van der Waals surface area (Å²) in [5, 5.41) is 5.06. The highest BCUT2D eigenvalue weighted by molar-refractivity contribution is 7.89. The van der Waals surface area contributed by atoms with Crippen molar-refractivity contribution in [2.75, 3.05) is 25.0 Å². The smallest absolute Gasteiger partial charge is 0.251 e. The average molecular weight is 421 g/mol. The molecule has 0 unspecified atom stereocenters. The molecule has 2 amide bonds. The number of carbonyl (C=O) groups excluding carboxylic acids is 2. The van der Waals surface area contributed by atoms with Gasteiger partial charge in [0.05, 0.1) is 11.4 Å². The molecule has 156 valence electrons. The van der Waals surface area contributed by atoms with Crippen molar-refractivity contribution in [1.29, 1.82) is 0 Å². The molecule has 0 aromatic heterocycles. The number of aryl methyl sites for hydroxylation is 1. The Bertz CT molecular complexity index is 987. The van der Waals surface area contributed by atoms with Crippen molar-refractivity contribution in [3.63, 3.8) is 0 Å². The molecule has 0 aliphatic carbocycles. The summed E-state index contributed by atoms with van der Waals surface area (Å²) in [4.78, 5) is 24.3. The van der Waals surface area contributed by atoms with Gasteiger partial charge < -0.3 is 10.6 Å². The van der Waals surface area contributed by atoms with E-state index in [9.17, 15) is 22.4 Å². The highest BCUT2D eigenvalue weighted by Gasteiger charge is 2.21. The number of anilines is 1. The number of sulfonamides is 1. The molecule has 0 fully saturated rings.